The van der Waals surface area contributed by atoms with E-state index in [4.69, 9.17) is 16.3 Å². The number of amides is 2. The van der Waals surface area contributed by atoms with Crippen LogP contribution in [0.1, 0.15) is 11.1 Å². The molecule has 0 aromatic heterocycles. The number of ether oxygens (including phenoxy) is 1. The van der Waals surface area contributed by atoms with Crippen molar-refractivity contribution in [1.29, 1.82) is 0 Å². The van der Waals surface area contributed by atoms with Crippen molar-refractivity contribution in [2.45, 2.75) is 11.4 Å². The van der Waals surface area contributed by atoms with Gasteiger partial charge in [-0.1, -0.05) is 71.9 Å². The van der Waals surface area contributed by atoms with Crippen LogP contribution in [0.3, 0.4) is 0 Å². The summed E-state index contributed by atoms with van der Waals surface area (Å²) in [4.78, 5) is 29.0. The number of hydrogen-bond donors (Lipinski definition) is 1. The quantitative estimate of drug-likeness (QED) is 0.513. The topological polar surface area (TPSA) is 58.6 Å². The van der Waals surface area contributed by atoms with Crippen molar-refractivity contribution in [3.8, 4) is 5.75 Å². The molecule has 32 heavy (non-hydrogen) atoms. The number of hydrogen-bond acceptors (Lipinski definition) is 4. The maximum absolute atomic E-state index is 13.3. The Bertz CT molecular complexity index is 1200. The molecule has 0 atom stereocenters. The third-order valence-corrected chi connectivity index (χ3v) is 6.42. The molecule has 0 saturated heterocycles. The highest BCUT2D eigenvalue weighted by atomic mass is 35.5. The molecule has 0 bridgehead atoms. The summed E-state index contributed by atoms with van der Waals surface area (Å²) < 4.78 is 5.33. The molecule has 4 rings (SSSR count). The smallest absolute Gasteiger partial charge is 0.265 e. The van der Waals surface area contributed by atoms with E-state index in [0.717, 1.165) is 16.0 Å². The normalized spacial score (nSPS) is 14.2. The van der Waals surface area contributed by atoms with Gasteiger partial charge in [-0.15, -0.1) is 0 Å². The van der Waals surface area contributed by atoms with Gasteiger partial charge in [0.05, 0.1) is 17.7 Å². The predicted molar refractivity (Wildman–Crippen MR) is 129 cm³/mol. The van der Waals surface area contributed by atoms with Crippen LogP contribution in [-0.4, -0.2) is 25.5 Å². The fourth-order valence-electron chi connectivity index (χ4n) is 3.39. The van der Waals surface area contributed by atoms with Gasteiger partial charge in [-0.05, 0) is 35.9 Å². The number of rotatable bonds is 6. The van der Waals surface area contributed by atoms with Gasteiger partial charge in [0.1, 0.15) is 12.3 Å². The van der Waals surface area contributed by atoms with E-state index in [1.807, 2.05) is 66.7 Å². The number of methoxy groups -OCH3 is 1. The molecular formula is C25H21ClN2O3S. The van der Waals surface area contributed by atoms with Crippen molar-refractivity contribution < 1.29 is 14.3 Å². The Morgan fingerprint density at radius 1 is 1.06 bits per heavy atom. The zero-order valence-electron chi connectivity index (χ0n) is 17.4. The lowest BCUT2D eigenvalue weighted by Gasteiger charge is -2.30. The number of carbonyl (C=O) groups excluding carboxylic acids is 2. The second kappa shape index (κ2) is 9.94. The molecule has 162 valence electrons. The van der Waals surface area contributed by atoms with Crippen molar-refractivity contribution in [2.24, 2.45) is 0 Å². The lowest BCUT2D eigenvalue weighted by Crippen LogP contribution is -2.42. The molecule has 3 aromatic rings. The Morgan fingerprint density at radius 2 is 1.78 bits per heavy atom. The van der Waals surface area contributed by atoms with E-state index in [1.165, 1.54) is 16.7 Å². The van der Waals surface area contributed by atoms with Gasteiger partial charge in [0, 0.05) is 22.0 Å². The van der Waals surface area contributed by atoms with Crippen LogP contribution in [0.5, 0.6) is 5.75 Å². The molecular weight excluding hydrogens is 444 g/mol. The number of nitrogens with zero attached hydrogens (tertiary/aromatic N) is 1. The van der Waals surface area contributed by atoms with E-state index in [2.05, 4.69) is 5.32 Å². The molecule has 0 aliphatic carbocycles. The van der Waals surface area contributed by atoms with E-state index in [1.54, 1.807) is 19.3 Å². The summed E-state index contributed by atoms with van der Waals surface area (Å²) in [7, 11) is 1.59. The van der Waals surface area contributed by atoms with Gasteiger partial charge in [0.15, 0.2) is 0 Å². The van der Waals surface area contributed by atoms with E-state index in [9.17, 15) is 9.59 Å². The van der Waals surface area contributed by atoms with Gasteiger partial charge < -0.3 is 10.1 Å². The molecule has 0 saturated carbocycles. The van der Waals surface area contributed by atoms with Crippen molar-refractivity contribution >= 4 is 46.9 Å². The average Bonchev–Trinajstić information content (AvgIpc) is 2.82. The minimum absolute atomic E-state index is 0.0918. The van der Waals surface area contributed by atoms with Crippen LogP contribution >= 0.6 is 23.4 Å². The molecule has 1 aliphatic rings. The van der Waals surface area contributed by atoms with Gasteiger partial charge in [0.25, 0.3) is 5.91 Å². The summed E-state index contributed by atoms with van der Waals surface area (Å²) >= 11 is 7.66. The number of halogens is 1. The highest BCUT2D eigenvalue weighted by Crippen LogP contribution is 2.42. The first-order valence-corrected chi connectivity index (χ1v) is 11.2. The Morgan fingerprint density at radius 3 is 2.59 bits per heavy atom. The van der Waals surface area contributed by atoms with Crippen LogP contribution in [0.2, 0.25) is 5.02 Å². The minimum atomic E-state index is -0.261. The molecule has 0 radical (unpaired) electrons. The van der Waals surface area contributed by atoms with Crippen molar-refractivity contribution in [2.75, 3.05) is 18.6 Å². The molecule has 7 heteroatoms. The highest BCUT2D eigenvalue weighted by molar-refractivity contribution is 8.04. The molecule has 1 heterocycles. The fraction of sp³-hybridized carbons (Fsp3) is 0.120. The number of thioether (sulfide) groups is 1. The molecule has 5 nitrogen and oxygen atoms in total. The van der Waals surface area contributed by atoms with E-state index >= 15 is 0 Å². The van der Waals surface area contributed by atoms with Crippen molar-refractivity contribution in [1.82, 2.24) is 5.32 Å². The first kappa shape index (κ1) is 22.0. The van der Waals surface area contributed by atoms with Crippen LogP contribution in [0, 0.1) is 0 Å². The third-order valence-electron chi connectivity index (χ3n) is 4.99. The molecule has 0 fully saturated rings. The number of benzene rings is 3. The monoisotopic (exact) mass is 464 g/mol. The second-order valence-corrected chi connectivity index (χ2v) is 8.57. The van der Waals surface area contributed by atoms with Crippen LogP contribution in [-0.2, 0) is 16.1 Å². The maximum atomic E-state index is 13.3. The van der Waals surface area contributed by atoms with Crippen LogP contribution in [0.4, 0.5) is 5.69 Å². The molecule has 2 amide bonds. The predicted octanol–water partition coefficient (Wildman–Crippen LogP) is 5.14. The van der Waals surface area contributed by atoms with E-state index in [-0.39, 0.29) is 18.4 Å². The Balaban J connectivity index is 1.56. The number of nitrogens with one attached hydrogen (secondary N) is 1. The number of fused-ring (bicyclic) bond motifs is 1. The number of para-hydroxylation sites is 2. The fourth-order valence-corrected chi connectivity index (χ4v) is 4.63. The first-order valence-electron chi connectivity index (χ1n) is 10.0. The zero-order chi connectivity index (χ0) is 22.5. The Labute approximate surface area is 196 Å². The first-order chi connectivity index (χ1) is 15.6. The summed E-state index contributed by atoms with van der Waals surface area (Å²) in [5.74, 6) is 0.206. The van der Waals surface area contributed by atoms with Crippen LogP contribution in [0.25, 0.3) is 6.08 Å². The van der Waals surface area contributed by atoms with E-state index < -0.39 is 0 Å². The lowest BCUT2D eigenvalue weighted by atomic mass is 10.2. The zero-order valence-corrected chi connectivity index (χ0v) is 19.0. The summed E-state index contributed by atoms with van der Waals surface area (Å²) in [5.41, 5.74) is 2.33. The van der Waals surface area contributed by atoms with Gasteiger partial charge in [-0.3, -0.25) is 14.5 Å². The average molecular weight is 465 g/mol. The van der Waals surface area contributed by atoms with Gasteiger partial charge in [0.2, 0.25) is 5.91 Å². The highest BCUT2D eigenvalue weighted by Gasteiger charge is 2.30. The standard InChI is InChI=1S/C25H21ClN2O3S/c1-31-21-12-6-3-9-18(21)15-27-24(29)16-28-20-11-5-7-13-22(20)32-23(25(28)30)14-17-8-2-4-10-19(17)26/h2-14H,15-16H2,1H3,(H,27,29). The molecule has 0 spiro atoms. The number of carbonyl (C=O) groups is 2. The van der Waals surface area contributed by atoms with Crippen molar-refractivity contribution in [3.63, 3.8) is 0 Å². The molecule has 1 N–H and O–H groups in total. The molecule has 3 aromatic carbocycles. The van der Waals surface area contributed by atoms with E-state index in [0.29, 0.717) is 27.9 Å². The third kappa shape index (κ3) is 4.82. The lowest BCUT2D eigenvalue weighted by molar-refractivity contribution is -0.122. The van der Waals surface area contributed by atoms with Gasteiger partial charge in [-0.2, -0.15) is 0 Å². The van der Waals surface area contributed by atoms with Crippen molar-refractivity contribution in [3.05, 3.63) is 93.9 Å². The van der Waals surface area contributed by atoms with Gasteiger partial charge >= 0.3 is 0 Å². The summed E-state index contributed by atoms with van der Waals surface area (Å²) in [6.07, 6.45) is 1.77. The largest absolute Gasteiger partial charge is 0.496 e. The Hall–Kier alpha value is -3.22. The molecule has 1 aliphatic heterocycles. The van der Waals surface area contributed by atoms with Gasteiger partial charge in [-0.25, -0.2) is 0 Å². The Kier molecular flexibility index (Phi) is 6.83. The summed E-state index contributed by atoms with van der Waals surface area (Å²) in [5, 5.41) is 3.45. The maximum Gasteiger partial charge on any atom is 0.265 e. The number of anilines is 1. The van der Waals surface area contributed by atoms with Crippen LogP contribution in [0.15, 0.2) is 82.6 Å². The summed E-state index contributed by atoms with van der Waals surface area (Å²) in [6.45, 7) is 0.217. The molecule has 0 unspecified atom stereocenters. The summed E-state index contributed by atoms with van der Waals surface area (Å²) in [6, 6.07) is 22.4. The van der Waals surface area contributed by atoms with Crippen LogP contribution < -0.4 is 15.0 Å². The second-order valence-electron chi connectivity index (χ2n) is 7.08. The SMILES string of the molecule is COc1ccccc1CNC(=O)CN1C(=O)C(=Cc2ccccc2Cl)Sc2ccccc21. The minimum Gasteiger partial charge on any atom is -0.496 e.